The van der Waals surface area contributed by atoms with Gasteiger partial charge in [0, 0.05) is 19.1 Å². The number of rotatable bonds is 0. The van der Waals surface area contributed by atoms with E-state index in [9.17, 15) is 4.39 Å². The molecule has 6 rings (SSSR count). The van der Waals surface area contributed by atoms with E-state index >= 15 is 0 Å². The van der Waals surface area contributed by atoms with E-state index in [1.165, 1.54) is 12.8 Å². The molecule has 0 aromatic carbocycles. The maximum Gasteiger partial charge on any atom is 0.126 e. The van der Waals surface area contributed by atoms with Gasteiger partial charge >= 0.3 is 0 Å². The molecule has 6 atom stereocenters. The van der Waals surface area contributed by atoms with Gasteiger partial charge in [-0.25, -0.2) is 4.39 Å². The molecule has 4 saturated heterocycles. The molecule has 0 aromatic rings. The summed E-state index contributed by atoms with van der Waals surface area (Å²) in [6.45, 7) is 6.99. The van der Waals surface area contributed by atoms with Crippen molar-refractivity contribution in [3.8, 4) is 0 Å². The van der Waals surface area contributed by atoms with E-state index in [0.717, 1.165) is 65.0 Å². The van der Waals surface area contributed by atoms with Gasteiger partial charge in [0.05, 0.1) is 50.2 Å². The molecule has 2 aliphatic carbocycles. The van der Waals surface area contributed by atoms with Gasteiger partial charge in [-0.2, -0.15) is 0 Å². The third-order valence-electron chi connectivity index (χ3n) is 8.62. The third kappa shape index (κ3) is 4.00. The van der Waals surface area contributed by atoms with Crippen LogP contribution in [0.25, 0.3) is 0 Å². The summed E-state index contributed by atoms with van der Waals surface area (Å²) in [6.07, 6.45) is 7.82. The van der Waals surface area contributed by atoms with E-state index in [1.807, 2.05) is 0 Å². The standard InChI is InChI=1S/C23H39FN2O3/c1-16-13-23(15-27-11-9-25-23)21-14-29-18-7-5-17(6-8-18)19-3-2-4-20(24)22(19)28-12-10-26(16)21/h16-22,25H,2-15H2,1H3/t16-,17?,18?,19?,20?,21+,22?,23-/m1/s1. The highest BCUT2D eigenvalue weighted by atomic mass is 19.1. The molecule has 5 nitrogen and oxygen atoms in total. The zero-order chi connectivity index (χ0) is 19.8. The van der Waals surface area contributed by atoms with Crippen LogP contribution in [0.3, 0.4) is 0 Å². The Morgan fingerprint density at radius 3 is 2.69 bits per heavy atom. The van der Waals surface area contributed by atoms with Crippen LogP contribution in [0, 0.1) is 11.8 Å². The first-order valence-corrected chi connectivity index (χ1v) is 12.1. The second-order valence-electron chi connectivity index (χ2n) is 10.3. The maximum absolute atomic E-state index is 14.9. The lowest BCUT2D eigenvalue weighted by molar-refractivity contribution is -0.0864. The number of ether oxygens (including phenoxy) is 3. The van der Waals surface area contributed by atoms with Crippen molar-refractivity contribution in [3.63, 3.8) is 0 Å². The smallest absolute Gasteiger partial charge is 0.126 e. The van der Waals surface area contributed by atoms with Gasteiger partial charge in [-0.1, -0.05) is 6.42 Å². The maximum atomic E-state index is 14.9. The Labute approximate surface area is 175 Å². The number of hydrogen-bond acceptors (Lipinski definition) is 5. The van der Waals surface area contributed by atoms with Crippen molar-refractivity contribution in [2.24, 2.45) is 11.8 Å². The summed E-state index contributed by atoms with van der Waals surface area (Å²) in [5.74, 6) is 1.00. The molecule has 0 aromatic heterocycles. The Hall–Kier alpha value is -0.270. The van der Waals surface area contributed by atoms with Crippen LogP contribution >= 0.6 is 0 Å². The molecular weight excluding hydrogens is 371 g/mol. The van der Waals surface area contributed by atoms with Crippen molar-refractivity contribution < 1.29 is 18.6 Å². The molecular formula is C23H39FN2O3. The van der Waals surface area contributed by atoms with Gasteiger partial charge in [0.15, 0.2) is 0 Å². The van der Waals surface area contributed by atoms with E-state index in [4.69, 9.17) is 14.2 Å². The van der Waals surface area contributed by atoms with Crippen LogP contribution in [-0.4, -0.2) is 80.4 Å². The molecule has 0 amide bonds. The minimum absolute atomic E-state index is 0.0228. The molecule has 2 saturated carbocycles. The fraction of sp³-hybridized carbons (Fsp3) is 1.00. The average molecular weight is 411 g/mol. The van der Waals surface area contributed by atoms with Crippen molar-refractivity contribution in [1.82, 2.24) is 10.2 Å². The van der Waals surface area contributed by atoms with E-state index in [2.05, 4.69) is 17.1 Å². The number of nitrogens with zero attached hydrogens (tertiary/aromatic N) is 1. The Morgan fingerprint density at radius 1 is 1.03 bits per heavy atom. The number of fused-ring (bicyclic) bond motifs is 5. The van der Waals surface area contributed by atoms with Crippen LogP contribution in [0.2, 0.25) is 0 Å². The lowest BCUT2D eigenvalue weighted by Gasteiger charge is -2.42. The summed E-state index contributed by atoms with van der Waals surface area (Å²) in [5.41, 5.74) is -0.0228. The van der Waals surface area contributed by atoms with Crippen LogP contribution in [0.15, 0.2) is 0 Å². The average Bonchev–Trinajstić information content (AvgIpc) is 2.99. The van der Waals surface area contributed by atoms with Crippen molar-refractivity contribution in [2.75, 3.05) is 39.5 Å². The molecule has 1 N–H and O–H groups in total. The Bertz CT molecular complexity index is 550. The highest BCUT2D eigenvalue weighted by molar-refractivity contribution is 5.10. The summed E-state index contributed by atoms with van der Waals surface area (Å²) < 4.78 is 33.7. The van der Waals surface area contributed by atoms with Gasteiger partial charge in [-0.3, -0.25) is 4.90 Å². The predicted molar refractivity (Wildman–Crippen MR) is 110 cm³/mol. The first-order chi connectivity index (χ1) is 14.2. The number of morpholine rings is 1. The van der Waals surface area contributed by atoms with Gasteiger partial charge in [0.1, 0.15) is 6.17 Å². The van der Waals surface area contributed by atoms with Crippen LogP contribution in [0.5, 0.6) is 0 Å². The second-order valence-corrected chi connectivity index (χ2v) is 10.3. The van der Waals surface area contributed by atoms with Crippen LogP contribution in [0.4, 0.5) is 4.39 Å². The summed E-state index contributed by atoms with van der Waals surface area (Å²) in [7, 11) is 0. The molecule has 1 spiro atoms. The van der Waals surface area contributed by atoms with Crippen molar-refractivity contribution in [1.29, 1.82) is 0 Å². The quantitative estimate of drug-likeness (QED) is 0.665. The van der Waals surface area contributed by atoms with Gasteiger partial charge in [0.2, 0.25) is 0 Å². The number of halogens is 1. The highest BCUT2D eigenvalue weighted by Crippen LogP contribution is 2.42. The molecule has 6 fully saturated rings. The fourth-order valence-corrected chi connectivity index (χ4v) is 7.14. The van der Waals surface area contributed by atoms with E-state index < -0.39 is 6.17 Å². The second kappa shape index (κ2) is 8.70. The lowest BCUT2D eigenvalue weighted by atomic mass is 9.71. The molecule has 29 heavy (non-hydrogen) atoms. The van der Waals surface area contributed by atoms with Gasteiger partial charge in [-0.05, 0) is 63.7 Å². The Morgan fingerprint density at radius 2 is 1.90 bits per heavy atom. The number of alkyl halides is 1. The first-order valence-electron chi connectivity index (χ1n) is 12.1. The normalized spacial score (nSPS) is 49.7. The molecule has 3 unspecified atom stereocenters. The Kier molecular flexibility index (Phi) is 6.18. The molecule has 0 radical (unpaired) electrons. The van der Waals surface area contributed by atoms with Crippen LogP contribution < -0.4 is 5.32 Å². The zero-order valence-electron chi connectivity index (χ0n) is 18.0. The summed E-state index contributed by atoms with van der Waals surface area (Å²) in [4.78, 5) is 2.55. The van der Waals surface area contributed by atoms with Crippen molar-refractivity contribution in [2.45, 2.75) is 94.3 Å². The third-order valence-corrected chi connectivity index (χ3v) is 8.62. The van der Waals surface area contributed by atoms with Crippen molar-refractivity contribution in [3.05, 3.63) is 0 Å². The molecule has 4 heterocycles. The van der Waals surface area contributed by atoms with E-state index in [0.29, 0.717) is 43.1 Å². The molecule has 4 aliphatic heterocycles. The predicted octanol–water partition coefficient (Wildman–Crippen LogP) is 2.92. The fourth-order valence-electron chi connectivity index (χ4n) is 7.14. The van der Waals surface area contributed by atoms with Gasteiger partial charge in [0.25, 0.3) is 0 Å². The van der Waals surface area contributed by atoms with E-state index in [1.54, 1.807) is 0 Å². The van der Waals surface area contributed by atoms with Crippen LogP contribution in [0.1, 0.15) is 58.3 Å². The topological polar surface area (TPSA) is 43.0 Å². The summed E-state index contributed by atoms with van der Waals surface area (Å²) >= 11 is 0. The minimum atomic E-state index is -0.792. The van der Waals surface area contributed by atoms with Crippen LogP contribution in [-0.2, 0) is 14.2 Å². The largest absolute Gasteiger partial charge is 0.378 e. The molecule has 6 aliphatic rings. The zero-order valence-corrected chi connectivity index (χ0v) is 18.0. The van der Waals surface area contributed by atoms with Gasteiger partial charge in [-0.15, -0.1) is 0 Å². The first kappa shape index (κ1) is 20.6. The highest BCUT2D eigenvalue weighted by Gasteiger charge is 2.52. The summed E-state index contributed by atoms with van der Waals surface area (Å²) in [5, 5.41) is 3.80. The monoisotopic (exact) mass is 410 g/mol. The SMILES string of the molecule is C[C@@H]1C[C@@]2(COCCN2)[C@@H]2COC3CCC(CC3)C3CCCC(F)C3OCCN12. The number of hydrogen-bond donors (Lipinski definition) is 1. The number of nitrogens with one attached hydrogen (secondary N) is 1. The lowest BCUT2D eigenvalue weighted by Crippen LogP contribution is -2.63. The molecule has 166 valence electrons. The Balaban J connectivity index is 1.37. The minimum Gasteiger partial charge on any atom is -0.378 e. The van der Waals surface area contributed by atoms with E-state index in [-0.39, 0.29) is 11.6 Å². The molecule has 2 bridgehead atoms. The molecule has 6 heteroatoms. The summed E-state index contributed by atoms with van der Waals surface area (Å²) in [6, 6.07) is 0.745. The van der Waals surface area contributed by atoms with Gasteiger partial charge < -0.3 is 19.5 Å². The van der Waals surface area contributed by atoms with Crippen molar-refractivity contribution >= 4 is 0 Å².